The highest BCUT2D eigenvalue weighted by atomic mass is 19.4. The summed E-state index contributed by atoms with van der Waals surface area (Å²) < 4.78 is 82.2. The molecule has 2 radical (unpaired) electrons. The summed E-state index contributed by atoms with van der Waals surface area (Å²) in [6.45, 7) is -0.0394. The number of hydrogen-bond acceptors (Lipinski definition) is 3. The minimum atomic E-state index is -4.91. The predicted octanol–water partition coefficient (Wildman–Crippen LogP) is 2.75. The van der Waals surface area contributed by atoms with Gasteiger partial charge in [-0.3, -0.25) is 9.36 Å². The first-order valence-corrected chi connectivity index (χ1v) is 9.99. The third-order valence-electron chi connectivity index (χ3n) is 5.58. The Hall–Kier alpha value is -2.76. The van der Waals surface area contributed by atoms with Gasteiger partial charge in [0.2, 0.25) is 0 Å². The van der Waals surface area contributed by atoms with Crippen LogP contribution < -0.4 is 11.0 Å². The van der Waals surface area contributed by atoms with E-state index in [0.717, 1.165) is 18.3 Å². The Labute approximate surface area is 186 Å². The first-order chi connectivity index (χ1) is 15.3. The number of likely N-dealkylation sites (tertiary alicyclic amines) is 1. The van der Waals surface area contributed by atoms with Crippen LogP contribution in [0.15, 0.2) is 35.3 Å². The van der Waals surface area contributed by atoms with Crippen molar-refractivity contribution in [2.75, 3.05) is 19.6 Å². The van der Waals surface area contributed by atoms with Gasteiger partial charge >= 0.3 is 12.1 Å². The van der Waals surface area contributed by atoms with Crippen LogP contribution in [0.4, 0.5) is 26.3 Å². The van der Waals surface area contributed by atoms with Gasteiger partial charge in [-0.15, -0.1) is 0 Å². The summed E-state index contributed by atoms with van der Waals surface area (Å²) in [4.78, 5) is 26.0. The smallest absolute Gasteiger partial charge is 0.416 e. The van der Waals surface area contributed by atoms with Crippen LogP contribution in [0.2, 0.25) is 0 Å². The molecule has 0 spiro atoms. The van der Waals surface area contributed by atoms with E-state index in [1.807, 2.05) is 0 Å². The van der Waals surface area contributed by atoms with E-state index in [0.29, 0.717) is 4.57 Å². The average molecular weight is 472 g/mol. The number of rotatable bonds is 6. The molecule has 2 aromatic rings. The fraction of sp³-hybridized carbons (Fsp3) is 0.429. The van der Waals surface area contributed by atoms with Crippen LogP contribution in [0.5, 0.6) is 0 Å². The Morgan fingerprint density at radius 1 is 1.18 bits per heavy atom. The Morgan fingerprint density at radius 3 is 2.39 bits per heavy atom. The lowest BCUT2D eigenvalue weighted by Crippen LogP contribution is -2.40. The molecule has 176 valence electrons. The van der Waals surface area contributed by atoms with Crippen LogP contribution in [-0.4, -0.2) is 53.9 Å². The molecule has 0 amide bonds. The van der Waals surface area contributed by atoms with Gasteiger partial charge in [0.05, 0.1) is 5.56 Å². The van der Waals surface area contributed by atoms with Gasteiger partial charge in [0.1, 0.15) is 13.7 Å². The fourth-order valence-corrected chi connectivity index (χ4v) is 3.81. The topological polar surface area (TPSA) is 62.5 Å². The zero-order chi connectivity index (χ0) is 24.6. The number of piperidine rings is 1. The minimum absolute atomic E-state index is 0.000246. The monoisotopic (exact) mass is 472 g/mol. The van der Waals surface area contributed by atoms with Crippen LogP contribution in [-0.2, 0) is 17.4 Å². The molecule has 1 aromatic carbocycles. The number of hydrogen-bond donors (Lipinski definition) is 1. The van der Waals surface area contributed by atoms with Gasteiger partial charge in [0.15, 0.2) is 6.04 Å². The molecule has 1 unspecified atom stereocenters. The van der Waals surface area contributed by atoms with E-state index >= 15 is 0 Å². The van der Waals surface area contributed by atoms with Crippen molar-refractivity contribution in [3.8, 4) is 0 Å². The molecule has 1 aromatic heterocycles. The molecular formula is C21H19BF6N2O3. The number of nitrogens with zero attached hydrogens (tertiary/aromatic N) is 2. The molecular weight excluding hydrogens is 453 g/mol. The Kier molecular flexibility index (Phi) is 6.97. The summed E-state index contributed by atoms with van der Waals surface area (Å²) in [6, 6.07) is 1.35. The van der Waals surface area contributed by atoms with Crippen LogP contribution >= 0.6 is 0 Å². The van der Waals surface area contributed by atoms with Crippen molar-refractivity contribution < 1.29 is 36.2 Å². The first-order valence-electron chi connectivity index (χ1n) is 9.99. The number of aliphatic carboxylic acids is 1. The standard InChI is InChI=1S/C21H19BF6N2O3/c22-13-1-2-16(23)14(9-13)18(19(32)33)30-11-12(15(10-17(30)31)21(26,27)28)3-6-29-7-4-20(24,25)5-8-29/h1-2,9-11,18H,3-8H2,(H,32,33). The Bertz CT molecular complexity index is 1090. The highest BCUT2D eigenvalue weighted by molar-refractivity contribution is 6.32. The van der Waals surface area contributed by atoms with E-state index in [2.05, 4.69) is 0 Å². The van der Waals surface area contributed by atoms with Gasteiger partial charge in [-0.05, 0) is 18.1 Å². The number of benzene rings is 1. The SMILES string of the molecule is [B]c1ccc(F)c(C(C(=O)O)n2cc(CCN3CCC(F)(F)CC3)c(C(F)(F)F)cc2=O)c1. The second kappa shape index (κ2) is 9.24. The van der Waals surface area contributed by atoms with Crippen molar-refractivity contribution in [2.45, 2.75) is 37.4 Å². The van der Waals surface area contributed by atoms with Crippen molar-refractivity contribution in [3.63, 3.8) is 0 Å². The second-order valence-electron chi connectivity index (χ2n) is 7.92. The van der Waals surface area contributed by atoms with Gasteiger partial charge in [-0.2, -0.15) is 13.2 Å². The highest BCUT2D eigenvalue weighted by Gasteiger charge is 2.37. The molecule has 3 rings (SSSR count). The van der Waals surface area contributed by atoms with Gasteiger partial charge in [0, 0.05) is 50.3 Å². The van der Waals surface area contributed by atoms with Gasteiger partial charge in [0.25, 0.3) is 11.5 Å². The van der Waals surface area contributed by atoms with Crippen molar-refractivity contribution in [2.24, 2.45) is 0 Å². The van der Waals surface area contributed by atoms with Gasteiger partial charge in [-0.1, -0.05) is 17.6 Å². The molecule has 5 nitrogen and oxygen atoms in total. The number of aromatic nitrogens is 1. The average Bonchev–Trinajstić information content (AvgIpc) is 2.70. The molecule has 1 N–H and O–H groups in total. The number of carboxylic acid groups (broad SMARTS) is 1. The molecule has 1 aliphatic heterocycles. The molecule has 12 heteroatoms. The molecule has 1 saturated heterocycles. The van der Waals surface area contributed by atoms with E-state index in [1.165, 1.54) is 6.07 Å². The lowest BCUT2D eigenvalue weighted by molar-refractivity contribution is -0.139. The lowest BCUT2D eigenvalue weighted by Gasteiger charge is -2.32. The summed E-state index contributed by atoms with van der Waals surface area (Å²) in [5, 5.41) is 9.65. The molecule has 1 fully saturated rings. The normalized spacial score (nSPS) is 17.6. The second-order valence-corrected chi connectivity index (χ2v) is 7.92. The van der Waals surface area contributed by atoms with Gasteiger partial charge < -0.3 is 10.0 Å². The summed E-state index contributed by atoms with van der Waals surface area (Å²) in [5.41, 5.74) is -3.45. The third kappa shape index (κ3) is 5.79. The summed E-state index contributed by atoms with van der Waals surface area (Å²) in [6.07, 6.45) is -5.30. The van der Waals surface area contributed by atoms with Crippen LogP contribution in [0, 0.1) is 5.82 Å². The zero-order valence-electron chi connectivity index (χ0n) is 17.2. The summed E-state index contributed by atoms with van der Waals surface area (Å²) >= 11 is 0. The van der Waals surface area contributed by atoms with Crippen molar-refractivity contribution in [3.05, 3.63) is 63.3 Å². The number of carbonyl (C=O) groups is 1. The highest BCUT2D eigenvalue weighted by Crippen LogP contribution is 2.33. The first kappa shape index (κ1) is 24.9. The van der Waals surface area contributed by atoms with E-state index < -0.39 is 65.0 Å². The van der Waals surface area contributed by atoms with E-state index in [1.54, 1.807) is 4.90 Å². The maximum Gasteiger partial charge on any atom is 0.416 e. The Morgan fingerprint density at radius 2 is 1.82 bits per heavy atom. The fourth-order valence-electron chi connectivity index (χ4n) is 3.81. The van der Waals surface area contributed by atoms with Crippen molar-refractivity contribution >= 4 is 19.3 Å². The number of halogens is 6. The van der Waals surface area contributed by atoms with Crippen LogP contribution in [0.3, 0.4) is 0 Å². The van der Waals surface area contributed by atoms with Crippen LogP contribution in [0.25, 0.3) is 0 Å². The summed E-state index contributed by atoms with van der Waals surface area (Å²) in [5.74, 6) is -5.50. The predicted molar refractivity (Wildman–Crippen MR) is 108 cm³/mol. The third-order valence-corrected chi connectivity index (χ3v) is 5.58. The minimum Gasteiger partial charge on any atom is -0.479 e. The number of alkyl halides is 5. The molecule has 1 aliphatic rings. The van der Waals surface area contributed by atoms with Crippen molar-refractivity contribution in [1.82, 2.24) is 9.47 Å². The number of pyridine rings is 1. The molecule has 1 atom stereocenters. The van der Waals surface area contributed by atoms with Crippen LogP contribution in [0.1, 0.15) is 35.6 Å². The summed E-state index contributed by atoms with van der Waals surface area (Å²) in [7, 11) is 5.59. The Balaban J connectivity index is 2.01. The number of carboxylic acids is 1. The molecule has 0 saturated carbocycles. The molecule has 0 bridgehead atoms. The molecule has 0 aliphatic carbocycles. The van der Waals surface area contributed by atoms with Gasteiger partial charge in [-0.25, -0.2) is 18.0 Å². The lowest BCUT2D eigenvalue weighted by atomic mass is 9.91. The van der Waals surface area contributed by atoms with E-state index in [9.17, 15) is 41.0 Å². The van der Waals surface area contributed by atoms with Crippen molar-refractivity contribution in [1.29, 1.82) is 0 Å². The maximum atomic E-state index is 14.3. The van der Waals surface area contributed by atoms with E-state index in [-0.39, 0.29) is 37.6 Å². The molecule has 2 heterocycles. The quantitative estimate of drug-likeness (QED) is 0.519. The maximum absolute atomic E-state index is 14.3. The largest absolute Gasteiger partial charge is 0.479 e. The van der Waals surface area contributed by atoms with E-state index in [4.69, 9.17) is 7.85 Å². The molecule has 33 heavy (non-hydrogen) atoms. The zero-order valence-corrected chi connectivity index (χ0v) is 17.2.